The molecule has 1 aromatic heterocycles. The Bertz CT molecular complexity index is 577. The summed E-state index contributed by atoms with van der Waals surface area (Å²) in [6.45, 7) is 2.63. The Morgan fingerprint density at radius 3 is 2.90 bits per heavy atom. The summed E-state index contributed by atoms with van der Waals surface area (Å²) in [5.41, 5.74) is 8.07. The van der Waals surface area contributed by atoms with E-state index in [2.05, 4.69) is 11.9 Å². The van der Waals surface area contributed by atoms with E-state index in [9.17, 15) is 4.79 Å². The van der Waals surface area contributed by atoms with Gasteiger partial charge in [-0.15, -0.1) is 0 Å². The number of carbonyl (C=O) groups excluding carboxylic acids is 1. The molecule has 0 radical (unpaired) electrons. The fourth-order valence-electron chi connectivity index (χ4n) is 2.43. The first kappa shape index (κ1) is 15.6. The Balaban J connectivity index is 1.83. The number of fused-ring (bicyclic) bond motifs is 1. The minimum Gasteiger partial charge on any atom is -0.465 e. The lowest BCUT2D eigenvalue weighted by Gasteiger charge is -2.11. The lowest BCUT2D eigenvalue weighted by Crippen LogP contribution is -2.34. The molecule has 1 atom stereocenters. The lowest BCUT2D eigenvalue weighted by atomic mass is 10.1. The predicted molar refractivity (Wildman–Crippen MR) is 85.1 cm³/mol. The standard InChI is InChI=1S/C17H24N2O2/c1-2-3-4-7-10-21-17(20)15(18)11-13-12-19-16-9-6-5-8-14(13)16/h5-6,8-9,12,15,19H,2-4,7,10-11,18H2,1H3/t15-/m1/s1. The summed E-state index contributed by atoms with van der Waals surface area (Å²) in [4.78, 5) is 15.1. The van der Waals surface area contributed by atoms with Crippen LogP contribution in [0.5, 0.6) is 0 Å². The van der Waals surface area contributed by atoms with Gasteiger partial charge < -0.3 is 15.5 Å². The molecule has 0 saturated heterocycles. The summed E-state index contributed by atoms with van der Waals surface area (Å²) < 4.78 is 5.24. The van der Waals surface area contributed by atoms with Crippen LogP contribution in [-0.2, 0) is 16.0 Å². The van der Waals surface area contributed by atoms with Crippen molar-refractivity contribution >= 4 is 16.9 Å². The van der Waals surface area contributed by atoms with E-state index in [1.807, 2.05) is 30.5 Å². The Morgan fingerprint density at radius 1 is 1.29 bits per heavy atom. The minimum atomic E-state index is -0.601. The van der Waals surface area contributed by atoms with Crippen molar-refractivity contribution < 1.29 is 9.53 Å². The van der Waals surface area contributed by atoms with E-state index >= 15 is 0 Å². The van der Waals surface area contributed by atoms with E-state index in [-0.39, 0.29) is 5.97 Å². The smallest absolute Gasteiger partial charge is 0.323 e. The first-order valence-corrected chi connectivity index (χ1v) is 7.69. The number of hydrogen-bond donors (Lipinski definition) is 2. The molecule has 4 heteroatoms. The predicted octanol–water partition coefficient (Wildman–Crippen LogP) is 3.16. The number of benzene rings is 1. The maximum Gasteiger partial charge on any atom is 0.323 e. The van der Waals surface area contributed by atoms with E-state index in [0.717, 1.165) is 29.3 Å². The monoisotopic (exact) mass is 288 g/mol. The molecular weight excluding hydrogens is 264 g/mol. The molecule has 0 amide bonds. The largest absolute Gasteiger partial charge is 0.465 e. The molecule has 21 heavy (non-hydrogen) atoms. The van der Waals surface area contributed by atoms with Gasteiger partial charge in [-0.05, 0) is 18.1 Å². The minimum absolute atomic E-state index is 0.309. The van der Waals surface area contributed by atoms with Crippen LogP contribution < -0.4 is 5.73 Å². The van der Waals surface area contributed by atoms with Gasteiger partial charge in [0.2, 0.25) is 0 Å². The molecule has 0 fully saturated rings. The quantitative estimate of drug-likeness (QED) is 0.579. The first-order valence-electron chi connectivity index (χ1n) is 7.69. The highest BCUT2D eigenvalue weighted by Gasteiger charge is 2.17. The molecule has 114 valence electrons. The maximum atomic E-state index is 11.9. The Labute approximate surface area is 125 Å². The third kappa shape index (κ3) is 4.33. The summed E-state index contributed by atoms with van der Waals surface area (Å²) in [7, 11) is 0. The summed E-state index contributed by atoms with van der Waals surface area (Å²) >= 11 is 0. The molecule has 1 aromatic carbocycles. The number of unbranched alkanes of at least 4 members (excludes halogenated alkanes) is 3. The molecule has 4 nitrogen and oxygen atoms in total. The molecule has 0 aliphatic rings. The van der Waals surface area contributed by atoms with E-state index in [4.69, 9.17) is 10.5 Å². The topological polar surface area (TPSA) is 68.1 Å². The van der Waals surface area contributed by atoms with Crippen LogP contribution in [0, 0.1) is 0 Å². The number of aromatic amines is 1. The van der Waals surface area contributed by atoms with E-state index < -0.39 is 6.04 Å². The van der Waals surface area contributed by atoms with Crippen molar-refractivity contribution in [3.63, 3.8) is 0 Å². The van der Waals surface area contributed by atoms with E-state index in [1.54, 1.807) is 0 Å². The van der Waals surface area contributed by atoms with Crippen LogP contribution in [-0.4, -0.2) is 23.6 Å². The van der Waals surface area contributed by atoms with Gasteiger partial charge in [0, 0.05) is 23.5 Å². The molecule has 3 N–H and O–H groups in total. The van der Waals surface area contributed by atoms with Gasteiger partial charge >= 0.3 is 5.97 Å². The van der Waals surface area contributed by atoms with Gasteiger partial charge in [-0.25, -0.2) is 0 Å². The third-order valence-corrected chi connectivity index (χ3v) is 3.66. The highest BCUT2D eigenvalue weighted by Crippen LogP contribution is 2.18. The van der Waals surface area contributed by atoms with Gasteiger partial charge in [0.05, 0.1) is 6.61 Å². The highest BCUT2D eigenvalue weighted by molar-refractivity contribution is 5.84. The number of carbonyl (C=O) groups is 1. The van der Waals surface area contributed by atoms with Crippen molar-refractivity contribution in [2.45, 2.75) is 45.1 Å². The zero-order valence-electron chi connectivity index (χ0n) is 12.6. The zero-order valence-corrected chi connectivity index (χ0v) is 12.6. The molecule has 0 aliphatic heterocycles. The Hall–Kier alpha value is -1.81. The van der Waals surface area contributed by atoms with Crippen molar-refractivity contribution in [3.05, 3.63) is 36.0 Å². The normalized spacial score (nSPS) is 12.5. The molecule has 0 spiro atoms. The third-order valence-electron chi connectivity index (χ3n) is 3.66. The van der Waals surface area contributed by atoms with Crippen LogP contribution in [0.25, 0.3) is 10.9 Å². The van der Waals surface area contributed by atoms with Crippen molar-refractivity contribution in [3.8, 4) is 0 Å². The van der Waals surface area contributed by atoms with Gasteiger partial charge in [-0.1, -0.05) is 44.4 Å². The van der Waals surface area contributed by atoms with Gasteiger partial charge in [0.25, 0.3) is 0 Å². The van der Waals surface area contributed by atoms with Crippen LogP contribution in [0.4, 0.5) is 0 Å². The molecule has 2 rings (SSSR count). The summed E-state index contributed by atoms with van der Waals surface area (Å²) in [5.74, 6) is -0.309. The summed E-state index contributed by atoms with van der Waals surface area (Å²) in [5, 5.41) is 1.11. The lowest BCUT2D eigenvalue weighted by molar-refractivity contribution is -0.145. The number of H-pyrrole nitrogens is 1. The number of nitrogens with one attached hydrogen (secondary N) is 1. The molecule has 2 aromatic rings. The maximum absolute atomic E-state index is 11.9. The van der Waals surface area contributed by atoms with Gasteiger partial charge in [-0.2, -0.15) is 0 Å². The molecular formula is C17H24N2O2. The number of aromatic nitrogens is 1. The van der Waals surface area contributed by atoms with Gasteiger partial charge in [-0.3, -0.25) is 4.79 Å². The van der Waals surface area contributed by atoms with Crippen molar-refractivity contribution in [2.24, 2.45) is 5.73 Å². The number of rotatable bonds is 8. The summed E-state index contributed by atoms with van der Waals surface area (Å²) in [6.07, 6.45) is 6.78. The molecule has 1 heterocycles. The summed E-state index contributed by atoms with van der Waals surface area (Å²) in [6, 6.07) is 7.40. The first-order chi connectivity index (χ1) is 10.2. The molecule has 0 bridgehead atoms. The van der Waals surface area contributed by atoms with Crippen LogP contribution in [0.3, 0.4) is 0 Å². The van der Waals surface area contributed by atoms with Gasteiger partial charge in [0.1, 0.15) is 6.04 Å². The van der Waals surface area contributed by atoms with Crippen molar-refractivity contribution in [1.29, 1.82) is 0 Å². The van der Waals surface area contributed by atoms with E-state index in [0.29, 0.717) is 13.0 Å². The number of para-hydroxylation sites is 1. The number of nitrogens with two attached hydrogens (primary N) is 1. The fourth-order valence-corrected chi connectivity index (χ4v) is 2.43. The highest BCUT2D eigenvalue weighted by atomic mass is 16.5. The second-order valence-electron chi connectivity index (χ2n) is 5.40. The molecule has 0 aliphatic carbocycles. The van der Waals surface area contributed by atoms with Crippen LogP contribution >= 0.6 is 0 Å². The van der Waals surface area contributed by atoms with E-state index in [1.165, 1.54) is 12.8 Å². The fraction of sp³-hybridized carbons (Fsp3) is 0.471. The number of esters is 1. The van der Waals surface area contributed by atoms with Gasteiger partial charge in [0.15, 0.2) is 0 Å². The van der Waals surface area contributed by atoms with Crippen molar-refractivity contribution in [2.75, 3.05) is 6.61 Å². The average molecular weight is 288 g/mol. The van der Waals surface area contributed by atoms with Crippen LogP contribution in [0.1, 0.15) is 38.2 Å². The second kappa shape index (κ2) is 7.84. The average Bonchev–Trinajstić information content (AvgIpc) is 2.90. The Kier molecular flexibility index (Phi) is 5.81. The SMILES string of the molecule is CCCCCCOC(=O)[C@H](N)Cc1c[nH]c2ccccc12. The molecule has 0 saturated carbocycles. The number of hydrogen-bond acceptors (Lipinski definition) is 3. The van der Waals surface area contributed by atoms with Crippen molar-refractivity contribution in [1.82, 2.24) is 4.98 Å². The number of ether oxygens (including phenoxy) is 1. The van der Waals surface area contributed by atoms with Crippen LogP contribution in [0.15, 0.2) is 30.5 Å². The Morgan fingerprint density at radius 2 is 2.10 bits per heavy atom. The van der Waals surface area contributed by atoms with Crippen LogP contribution in [0.2, 0.25) is 0 Å². The second-order valence-corrected chi connectivity index (χ2v) is 5.40. The molecule has 0 unspecified atom stereocenters. The zero-order chi connectivity index (χ0) is 15.1.